The third-order valence-electron chi connectivity index (χ3n) is 4.02. The lowest BCUT2D eigenvalue weighted by Crippen LogP contribution is -2.26. The van der Waals surface area contributed by atoms with E-state index in [1.165, 1.54) is 11.1 Å². The Morgan fingerprint density at radius 2 is 1.88 bits per heavy atom. The third kappa shape index (κ3) is 4.95. The molecule has 0 aliphatic carbocycles. The molecule has 6 nitrogen and oxygen atoms in total. The van der Waals surface area contributed by atoms with Crippen molar-refractivity contribution in [2.45, 2.75) is 26.4 Å². The fourth-order valence-corrected chi connectivity index (χ4v) is 2.69. The second-order valence-electron chi connectivity index (χ2n) is 5.99. The predicted molar refractivity (Wildman–Crippen MR) is 93.7 cm³/mol. The molecular weight excluding hydrogens is 316 g/mol. The molecule has 0 unspecified atom stereocenters. The van der Waals surface area contributed by atoms with Crippen molar-refractivity contribution < 1.29 is 9.52 Å². The van der Waals surface area contributed by atoms with E-state index in [0.717, 1.165) is 5.56 Å². The van der Waals surface area contributed by atoms with Crippen molar-refractivity contribution in [3.05, 3.63) is 77.3 Å². The van der Waals surface area contributed by atoms with Crippen LogP contribution in [0.25, 0.3) is 0 Å². The number of aromatic nitrogens is 3. The summed E-state index contributed by atoms with van der Waals surface area (Å²) in [7, 11) is 0. The van der Waals surface area contributed by atoms with Gasteiger partial charge in [0.15, 0.2) is 0 Å². The highest BCUT2D eigenvalue weighted by Crippen LogP contribution is 2.14. The van der Waals surface area contributed by atoms with Crippen molar-refractivity contribution in [1.82, 2.24) is 20.1 Å². The number of nitrogens with zero attached hydrogens (tertiary/aromatic N) is 4. The van der Waals surface area contributed by atoms with Gasteiger partial charge in [-0.25, -0.2) is 0 Å². The van der Waals surface area contributed by atoms with Gasteiger partial charge in [-0.15, -0.1) is 10.2 Å². The van der Waals surface area contributed by atoms with Crippen LogP contribution in [0.4, 0.5) is 0 Å². The van der Waals surface area contributed by atoms with Crippen LogP contribution >= 0.6 is 0 Å². The molecular formula is C19H22N4O2. The Morgan fingerprint density at radius 3 is 2.64 bits per heavy atom. The molecule has 0 spiro atoms. The first kappa shape index (κ1) is 17.3. The molecule has 2 aromatic heterocycles. The molecule has 25 heavy (non-hydrogen) atoms. The van der Waals surface area contributed by atoms with Gasteiger partial charge in [-0.05, 0) is 29.7 Å². The highest BCUT2D eigenvalue weighted by atomic mass is 16.4. The standard InChI is InChI=1S/C19H22N4O2/c1-15-5-2-3-7-17(15)11-18-21-22-19(25-18)14-23(9-10-24)13-16-6-4-8-20-12-16/h2-8,12,24H,9-11,13-14H2,1H3. The van der Waals surface area contributed by atoms with Gasteiger partial charge in [0, 0.05) is 25.5 Å². The van der Waals surface area contributed by atoms with Gasteiger partial charge in [-0.1, -0.05) is 30.3 Å². The Morgan fingerprint density at radius 1 is 1.04 bits per heavy atom. The minimum atomic E-state index is 0.0739. The van der Waals surface area contributed by atoms with Crippen molar-refractivity contribution in [3.8, 4) is 0 Å². The van der Waals surface area contributed by atoms with E-state index in [0.29, 0.717) is 37.8 Å². The molecule has 3 rings (SSSR count). The summed E-state index contributed by atoms with van der Waals surface area (Å²) in [4.78, 5) is 6.18. The van der Waals surface area contributed by atoms with E-state index in [1.807, 2.05) is 30.5 Å². The predicted octanol–water partition coefficient (Wildman–Crippen LogP) is 2.36. The molecule has 3 aromatic rings. The maximum atomic E-state index is 9.30. The van der Waals surface area contributed by atoms with Crippen LogP contribution in [0.2, 0.25) is 0 Å². The summed E-state index contributed by atoms with van der Waals surface area (Å²) in [6.45, 7) is 3.85. The molecule has 0 amide bonds. The van der Waals surface area contributed by atoms with Crippen LogP contribution < -0.4 is 0 Å². The van der Waals surface area contributed by atoms with Gasteiger partial charge in [0.2, 0.25) is 11.8 Å². The van der Waals surface area contributed by atoms with Gasteiger partial charge in [0.05, 0.1) is 19.6 Å². The number of hydrogen-bond acceptors (Lipinski definition) is 6. The number of rotatable bonds is 8. The van der Waals surface area contributed by atoms with Crippen molar-refractivity contribution in [2.24, 2.45) is 0 Å². The number of pyridine rings is 1. The fraction of sp³-hybridized carbons (Fsp3) is 0.316. The third-order valence-corrected chi connectivity index (χ3v) is 4.02. The minimum absolute atomic E-state index is 0.0739. The molecule has 0 aliphatic heterocycles. The first-order chi connectivity index (χ1) is 12.2. The Labute approximate surface area is 147 Å². The quantitative estimate of drug-likeness (QED) is 0.679. The Bertz CT molecular complexity index is 789. The number of aliphatic hydroxyl groups excluding tert-OH is 1. The van der Waals surface area contributed by atoms with Gasteiger partial charge in [0.1, 0.15) is 0 Å². The molecule has 6 heteroatoms. The lowest BCUT2D eigenvalue weighted by atomic mass is 10.1. The minimum Gasteiger partial charge on any atom is -0.424 e. The van der Waals surface area contributed by atoms with Crippen molar-refractivity contribution in [2.75, 3.05) is 13.2 Å². The molecule has 1 aromatic carbocycles. The highest BCUT2D eigenvalue weighted by Gasteiger charge is 2.13. The van der Waals surface area contributed by atoms with Crippen LogP contribution in [-0.4, -0.2) is 38.3 Å². The summed E-state index contributed by atoms with van der Waals surface area (Å²) in [5.74, 6) is 1.16. The van der Waals surface area contributed by atoms with E-state index in [-0.39, 0.29) is 6.61 Å². The van der Waals surface area contributed by atoms with E-state index in [4.69, 9.17) is 4.42 Å². The molecule has 0 saturated heterocycles. The first-order valence-electron chi connectivity index (χ1n) is 8.32. The molecule has 0 saturated carbocycles. The lowest BCUT2D eigenvalue weighted by Gasteiger charge is -2.19. The molecule has 130 valence electrons. The zero-order valence-corrected chi connectivity index (χ0v) is 14.3. The largest absolute Gasteiger partial charge is 0.424 e. The number of aryl methyl sites for hydroxylation is 1. The molecule has 0 atom stereocenters. The van der Waals surface area contributed by atoms with Gasteiger partial charge >= 0.3 is 0 Å². The number of aliphatic hydroxyl groups is 1. The van der Waals surface area contributed by atoms with Gasteiger partial charge in [0.25, 0.3) is 0 Å². The monoisotopic (exact) mass is 338 g/mol. The number of hydrogen-bond donors (Lipinski definition) is 1. The fourth-order valence-electron chi connectivity index (χ4n) is 2.69. The molecule has 0 fully saturated rings. The zero-order valence-electron chi connectivity index (χ0n) is 14.3. The lowest BCUT2D eigenvalue weighted by molar-refractivity contribution is 0.171. The Hall–Kier alpha value is -2.57. The van der Waals surface area contributed by atoms with E-state index in [2.05, 4.69) is 39.1 Å². The zero-order chi connectivity index (χ0) is 17.5. The summed E-state index contributed by atoms with van der Waals surface area (Å²) < 4.78 is 5.80. The molecule has 0 radical (unpaired) electrons. The first-order valence-corrected chi connectivity index (χ1v) is 8.32. The SMILES string of the molecule is Cc1ccccc1Cc1nnc(CN(CCO)Cc2cccnc2)o1. The second kappa shape index (κ2) is 8.50. The summed E-state index contributed by atoms with van der Waals surface area (Å²) in [5.41, 5.74) is 3.47. The van der Waals surface area contributed by atoms with E-state index < -0.39 is 0 Å². The maximum Gasteiger partial charge on any atom is 0.230 e. The molecule has 1 N–H and O–H groups in total. The average Bonchev–Trinajstić information content (AvgIpc) is 3.05. The summed E-state index contributed by atoms with van der Waals surface area (Å²) >= 11 is 0. The molecule has 2 heterocycles. The number of benzene rings is 1. The van der Waals surface area contributed by atoms with Crippen molar-refractivity contribution >= 4 is 0 Å². The van der Waals surface area contributed by atoms with E-state index >= 15 is 0 Å². The van der Waals surface area contributed by atoms with Gasteiger partial charge < -0.3 is 9.52 Å². The van der Waals surface area contributed by atoms with Crippen LogP contribution in [0.1, 0.15) is 28.5 Å². The average molecular weight is 338 g/mol. The normalized spacial score (nSPS) is 11.2. The summed E-state index contributed by atoms with van der Waals surface area (Å²) in [5, 5.41) is 17.6. The Balaban J connectivity index is 1.65. The van der Waals surface area contributed by atoms with Crippen LogP contribution in [0, 0.1) is 6.92 Å². The molecule has 0 bridgehead atoms. The molecule has 0 aliphatic rings. The van der Waals surface area contributed by atoms with Crippen molar-refractivity contribution in [1.29, 1.82) is 0 Å². The van der Waals surface area contributed by atoms with Crippen molar-refractivity contribution in [3.63, 3.8) is 0 Å². The second-order valence-corrected chi connectivity index (χ2v) is 5.99. The smallest absolute Gasteiger partial charge is 0.230 e. The van der Waals surface area contributed by atoms with Crippen LogP contribution in [0.5, 0.6) is 0 Å². The highest BCUT2D eigenvalue weighted by molar-refractivity contribution is 5.27. The summed E-state index contributed by atoms with van der Waals surface area (Å²) in [6, 6.07) is 12.1. The van der Waals surface area contributed by atoms with E-state index in [9.17, 15) is 5.11 Å². The van der Waals surface area contributed by atoms with Crippen LogP contribution in [0.15, 0.2) is 53.2 Å². The summed E-state index contributed by atoms with van der Waals surface area (Å²) in [6.07, 6.45) is 4.19. The van der Waals surface area contributed by atoms with Crippen LogP contribution in [-0.2, 0) is 19.5 Å². The van der Waals surface area contributed by atoms with Gasteiger partial charge in [-0.3, -0.25) is 9.88 Å². The maximum absolute atomic E-state index is 9.30. The van der Waals surface area contributed by atoms with E-state index in [1.54, 1.807) is 6.20 Å². The Kier molecular flexibility index (Phi) is 5.87. The van der Waals surface area contributed by atoms with Gasteiger partial charge in [-0.2, -0.15) is 0 Å². The van der Waals surface area contributed by atoms with Crippen LogP contribution in [0.3, 0.4) is 0 Å². The topological polar surface area (TPSA) is 75.3 Å².